The summed E-state index contributed by atoms with van der Waals surface area (Å²) < 4.78 is 0. The van der Waals surface area contributed by atoms with Gasteiger partial charge < -0.3 is 10.7 Å². The summed E-state index contributed by atoms with van der Waals surface area (Å²) in [4.78, 5) is 17.3. The minimum atomic E-state index is -0.182. The van der Waals surface area contributed by atoms with Gasteiger partial charge in [0, 0.05) is 16.8 Å². The summed E-state index contributed by atoms with van der Waals surface area (Å²) >= 11 is 1.69. The fourth-order valence-corrected chi connectivity index (χ4v) is 2.61. The minimum absolute atomic E-state index is 0.0947. The number of pyridine rings is 1. The summed E-state index contributed by atoms with van der Waals surface area (Å²) in [5, 5.41) is 4.96. The van der Waals surface area contributed by atoms with Crippen molar-refractivity contribution >= 4 is 22.9 Å². The monoisotopic (exact) mass is 290 g/mol. The number of nitrogens with two attached hydrogens (primary N) is 1. The Balaban J connectivity index is 1.98. The fraction of sp³-hybridized carbons (Fsp3) is 0.286. The number of aromatic nitrogens is 1. The second kappa shape index (κ2) is 6.02. The number of amides is 1. The van der Waals surface area contributed by atoms with Gasteiger partial charge in [-0.1, -0.05) is 19.9 Å². The fourth-order valence-electron chi connectivity index (χ4n) is 1.76. The van der Waals surface area contributed by atoms with Crippen molar-refractivity contribution in [2.45, 2.75) is 19.3 Å². The van der Waals surface area contributed by atoms with Crippen LogP contribution in [-0.2, 0) is 5.41 Å². The van der Waals surface area contributed by atoms with E-state index in [1.807, 2.05) is 11.4 Å². The topological polar surface area (TPSA) is 80.0 Å². The van der Waals surface area contributed by atoms with E-state index < -0.39 is 0 Å². The molecule has 0 bridgehead atoms. The van der Waals surface area contributed by atoms with E-state index in [0.717, 1.165) is 0 Å². The summed E-state index contributed by atoms with van der Waals surface area (Å²) in [5.74, 6) is 5.07. The van der Waals surface area contributed by atoms with Crippen LogP contribution in [0.5, 0.6) is 0 Å². The second-order valence-electron chi connectivity index (χ2n) is 5.12. The van der Waals surface area contributed by atoms with Gasteiger partial charge in [-0.3, -0.25) is 10.6 Å². The first-order chi connectivity index (χ1) is 9.53. The predicted molar refractivity (Wildman–Crippen MR) is 81.7 cm³/mol. The van der Waals surface area contributed by atoms with Crippen molar-refractivity contribution in [1.82, 2.24) is 10.3 Å². The maximum atomic E-state index is 12.0. The molecule has 6 heteroatoms. The Morgan fingerprint density at radius 1 is 1.40 bits per heavy atom. The molecule has 0 radical (unpaired) electrons. The van der Waals surface area contributed by atoms with Gasteiger partial charge in [0.05, 0.1) is 11.9 Å². The number of nitrogens with zero attached hydrogens (tertiary/aromatic N) is 1. The normalized spacial score (nSPS) is 11.2. The predicted octanol–water partition coefficient (Wildman–Crippen LogP) is 2.14. The zero-order chi connectivity index (χ0) is 14.6. The molecule has 0 fully saturated rings. The van der Waals surface area contributed by atoms with Crippen LogP contribution in [0.1, 0.15) is 29.2 Å². The zero-order valence-electron chi connectivity index (χ0n) is 11.5. The van der Waals surface area contributed by atoms with Crippen LogP contribution in [0.2, 0.25) is 0 Å². The number of hydrogen-bond acceptors (Lipinski definition) is 5. The highest BCUT2D eigenvalue weighted by molar-refractivity contribution is 7.10. The van der Waals surface area contributed by atoms with Gasteiger partial charge in [-0.05, 0) is 23.6 Å². The Labute approximate surface area is 122 Å². The van der Waals surface area contributed by atoms with Crippen molar-refractivity contribution in [3.05, 3.63) is 46.4 Å². The molecule has 0 atom stereocenters. The lowest BCUT2D eigenvalue weighted by atomic mass is 9.91. The van der Waals surface area contributed by atoms with Crippen molar-refractivity contribution in [3.63, 3.8) is 0 Å². The Bertz CT molecular complexity index is 563. The van der Waals surface area contributed by atoms with E-state index in [9.17, 15) is 4.79 Å². The third-order valence-electron chi connectivity index (χ3n) is 3.04. The quantitative estimate of drug-likeness (QED) is 0.582. The first-order valence-corrected chi connectivity index (χ1v) is 7.16. The van der Waals surface area contributed by atoms with Gasteiger partial charge in [0.1, 0.15) is 5.69 Å². The molecule has 0 aromatic carbocycles. The summed E-state index contributed by atoms with van der Waals surface area (Å²) in [6.45, 7) is 4.77. The molecule has 2 aromatic rings. The summed E-state index contributed by atoms with van der Waals surface area (Å²) in [6, 6.07) is 7.45. The number of carbonyl (C=O) groups excluding carboxylic acids is 1. The van der Waals surface area contributed by atoms with E-state index in [-0.39, 0.29) is 11.3 Å². The summed E-state index contributed by atoms with van der Waals surface area (Å²) in [6.07, 6.45) is 1.53. The van der Waals surface area contributed by atoms with Crippen LogP contribution in [0.4, 0.5) is 5.69 Å². The number of nitrogen functional groups attached to an aromatic ring is 1. The second-order valence-corrected chi connectivity index (χ2v) is 6.07. The Morgan fingerprint density at radius 2 is 2.20 bits per heavy atom. The van der Waals surface area contributed by atoms with Crippen LogP contribution in [-0.4, -0.2) is 17.4 Å². The molecule has 0 unspecified atom stereocenters. The lowest BCUT2D eigenvalue weighted by molar-refractivity contribution is 0.0941. The SMILES string of the molecule is CC(C)(CNC(=O)c1ccc(NN)cn1)c1cccs1. The van der Waals surface area contributed by atoms with Crippen LogP contribution < -0.4 is 16.6 Å². The lowest BCUT2D eigenvalue weighted by Crippen LogP contribution is -2.36. The Hall–Kier alpha value is -1.92. The number of rotatable bonds is 5. The molecule has 5 nitrogen and oxygen atoms in total. The first-order valence-electron chi connectivity index (χ1n) is 6.28. The molecule has 0 aliphatic carbocycles. The average molecular weight is 290 g/mol. The molecule has 1 amide bonds. The van der Waals surface area contributed by atoms with E-state index in [0.29, 0.717) is 17.9 Å². The zero-order valence-corrected chi connectivity index (χ0v) is 12.3. The van der Waals surface area contributed by atoms with E-state index in [4.69, 9.17) is 5.84 Å². The van der Waals surface area contributed by atoms with Crippen molar-refractivity contribution in [2.24, 2.45) is 5.84 Å². The molecular weight excluding hydrogens is 272 g/mol. The maximum Gasteiger partial charge on any atom is 0.269 e. The summed E-state index contributed by atoms with van der Waals surface area (Å²) in [5.41, 5.74) is 3.43. The van der Waals surface area contributed by atoms with E-state index in [1.165, 1.54) is 11.1 Å². The van der Waals surface area contributed by atoms with Crippen LogP contribution in [0, 0.1) is 0 Å². The number of hydrogen-bond donors (Lipinski definition) is 3. The Kier molecular flexibility index (Phi) is 4.36. The molecule has 0 saturated heterocycles. The highest BCUT2D eigenvalue weighted by Gasteiger charge is 2.22. The molecule has 20 heavy (non-hydrogen) atoms. The largest absolute Gasteiger partial charge is 0.350 e. The standard InChI is InChI=1S/C14H18N4OS/c1-14(2,12-4-3-7-20-12)9-17-13(19)11-6-5-10(18-15)8-16-11/h3-8,18H,9,15H2,1-2H3,(H,17,19). The molecule has 0 saturated carbocycles. The van der Waals surface area contributed by atoms with Crippen molar-refractivity contribution in [3.8, 4) is 0 Å². The number of anilines is 1. The molecule has 4 N–H and O–H groups in total. The van der Waals surface area contributed by atoms with Crippen molar-refractivity contribution < 1.29 is 4.79 Å². The van der Waals surface area contributed by atoms with E-state index in [1.54, 1.807) is 23.5 Å². The minimum Gasteiger partial charge on any atom is -0.350 e. The third-order valence-corrected chi connectivity index (χ3v) is 4.28. The van der Waals surface area contributed by atoms with Crippen LogP contribution in [0.15, 0.2) is 35.8 Å². The molecule has 2 rings (SSSR count). The first kappa shape index (κ1) is 14.5. The van der Waals surface area contributed by atoms with Gasteiger partial charge >= 0.3 is 0 Å². The van der Waals surface area contributed by atoms with Gasteiger partial charge in [0.2, 0.25) is 0 Å². The van der Waals surface area contributed by atoms with Crippen LogP contribution in [0.25, 0.3) is 0 Å². The molecule has 2 aromatic heterocycles. The van der Waals surface area contributed by atoms with Crippen LogP contribution >= 0.6 is 11.3 Å². The number of carbonyl (C=O) groups is 1. The molecule has 2 heterocycles. The molecule has 106 valence electrons. The molecule has 0 spiro atoms. The highest BCUT2D eigenvalue weighted by Crippen LogP contribution is 2.26. The van der Waals surface area contributed by atoms with Gasteiger partial charge in [0.15, 0.2) is 0 Å². The third kappa shape index (κ3) is 3.34. The van der Waals surface area contributed by atoms with Gasteiger partial charge in [-0.2, -0.15) is 0 Å². The molecular formula is C14H18N4OS. The number of nitrogens with one attached hydrogen (secondary N) is 2. The average Bonchev–Trinajstić information content (AvgIpc) is 3.00. The maximum absolute atomic E-state index is 12.0. The van der Waals surface area contributed by atoms with E-state index >= 15 is 0 Å². The molecule has 0 aliphatic rings. The van der Waals surface area contributed by atoms with Gasteiger partial charge in [-0.25, -0.2) is 4.98 Å². The Morgan fingerprint density at radius 3 is 2.75 bits per heavy atom. The number of thiophene rings is 1. The highest BCUT2D eigenvalue weighted by atomic mass is 32.1. The number of hydrazine groups is 1. The van der Waals surface area contributed by atoms with Crippen LogP contribution in [0.3, 0.4) is 0 Å². The van der Waals surface area contributed by atoms with Crippen molar-refractivity contribution in [2.75, 3.05) is 12.0 Å². The smallest absolute Gasteiger partial charge is 0.269 e. The van der Waals surface area contributed by atoms with E-state index in [2.05, 4.69) is 35.6 Å². The van der Waals surface area contributed by atoms with Gasteiger partial charge in [0.25, 0.3) is 5.91 Å². The summed E-state index contributed by atoms with van der Waals surface area (Å²) in [7, 11) is 0. The lowest BCUT2D eigenvalue weighted by Gasteiger charge is -2.23. The molecule has 0 aliphatic heterocycles. The van der Waals surface area contributed by atoms with Crippen molar-refractivity contribution in [1.29, 1.82) is 0 Å². The van der Waals surface area contributed by atoms with Gasteiger partial charge in [-0.15, -0.1) is 11.3 Å².